The van der Waals surface area contributed by atoms with Crippen LogP contribution in [0.15, 0.2) is 5.51 Å². The molecule has 0 saturated heterocycles. The summed E-state index contributed by atoms with van der Waals surface area (Å²) in [4.78, 5) is 5.07. The van der Waals surface area contributed by atoms with Gasteiger partial charge in [-0.1, -0.05) is 0 Å². The molecule has 0 aromatic carbocycles. The second kappa shape index (κ2) is 6.10. The Kier molecular flexibility index (Phi) is 4.71. The molecule has 1 saturated carbocycles. The highest BCUT2D eigenvalue weighted by molar-refractivity contribution is 7.89. The molecule has 18 heavy (non-hydrogen) atoms. The molecule has 7 heteroatoms. The van der Waals surface area contributed by atoms with Crippen LogP contribution in [0.1, 0.15) is 29.8 Å². The molecule has 0 amide bonds. The number of hydrogen-bond donors (Lipinski definition) is 2. The summed E-state index contributed by atoms with van der Waals surface area (Å²) in [5.74, 6) is 0.185. The fourth-order valence-corrected chi connectivity index (χ4v) is 3.44. The summed E-state index contributed by atoms with van der Waals surface area (Å²) in [5, 5.41) is 3.31. The highest BCUT2D eigenvalue weighted by Gasteiger charge is 2.20. The van der Waals surface area contributed by atoms with Crippen LogP contribution in [0.4, 0.5) is 0 Å². The molecule has 0 unspecified atom stereocenters. The van der Waals surface area contributed by atoms with Gasteiger partial charge < -0.3 is 5.32 Å². The van der Waals surface area contributed by atoms with Crippen molar-refractivity contribution in [3.05, 3.63) is 16.1 Å². The normalized spacial score (nSPS) is 16.1. The second-order valence-corrected chi connectivity index (χ2v) is 7.45. The minimum atomic E-state index is -3.16. The second-order valence-electron chi connectivity index (χ2n) is 4.58. The van der Waals surface area contributed by atoms with E-state index in [-0.39, 0.29) is 5.75 Å². The smallest absolute Gasteiger partial charge is 0.211 e. The van der Waals surface area contributed by atoms with Gasteiger partial charge in [-0.05, 0) is 32.7 Å². The zero-order chi connectivity index (χ0) is 13.0. The van der Waals surface area contributed by atoms with E-state index in [1.165, 1.54) is 24.2 Å². The maximum absolute atomic E-state index is 11.7. The maximum atomic E-state index is 11.7. The van der Waals surface area contributed by atoms with Gasteiger partial charge in [0.2, 0.25) is 10.0 Å². The van der Waals surface area contributed by atoms with Gasteiger partial charge in [-0.2, -0.15) is 0 Å². The van der Waals surface area contributed by atoms with E-state index in [2.05, 4.69) is 15.0 Å². The Bertz CT molecular complexity index is 480. The van der Waals surface area contributed by atoms with Crippen molar-refractivity contribution in [3.8, 4) is 0 Å². The van der Waals surface area contributed by atoms with E-state index in [1.807, 2.05) is 6.92 Å². The summed E-state index contributed by atoms with van der Waals surface area (Å²) in [6, 6.07) is 0.639. The SMILES string of the molecule is Cc1ncsc1CNS(=O)(=O)CCCNC1CC1. The van der Waals surface area contributed by atoms with Gasteiger partial charge in [-0.3, -0.25) is 0 Å². The van der Waals surface area contributed by atoms with E-state index in [0.717, 1.165) is 17.1 Å². The predicted octanol–water partition coefficient (Wildman–Crippen LogP) is 1.01. The van der Waals surface area contributed by atoms with E-state index in [1.54, 1.807) is 5.51 Å². The van der Waals surface area contributed by atoms with Crippen LogP contribution >= 0.6 is 11.3 Å². The molecule has 1 fully saturated rings. The third-order valence-corrected chi connectivity index (χ3v) is 5.24. The lowest BCUT2D eigenvalue weighted by atomic mass is 10.4. The fraction of sp³-hybridized carbons (Fsp3) is 0.727. The van der Waals surface area contributed by atoms with E-state index in [9.17, 15) is 8.42 Å². The van der Waals surface area contributed by atoms with Gasteiger partial charge >= 0.3 is 0 Å². The average Bonchev–Trinajstić information content (AvgIpc) is 3.05. The third kappa shape index (κ3) is 4.64. The zero-order valence-electron chi connectivity index (χ0n) is 10.5. The summed E-state index contributed by atoms with van der Waals surface area (Å²) in [7, 11) is -3.16. The first-order chi connectivity index (χ1) is 8.57. The number of nitrogens with one attached hydrogen (secondary N) is 2. The fourth-order valence-electron chi connectivity index (χ4n) is 1.60. The maximum Gasteiger partial charge on any atom is 0.211 e. The lowest BCUT2D eigenvalue weighted by Gasteiger charge is -2.06. The predicted molar refractivity (Wildman–Crippen MR) is 73.1 cm³/mol. The number of aromatic nitrogens is 1. The first-order valence-electron chi connectivity index (χ1n) is 6.16. The molecule has 0 spiro atoms. The van der Waals surface area contributed by atoms with E-state index < -0.39 is 10.0 Å². The quantitative estimate of drug-likeness (QED) is 0.701. The Morgan fingerprint density at radius 1 is 1.50 bits per heavy atom. The number of aryl methyl sites for hydroxylation is 1. The Morgan fingerprint density at radius 3 is 2.89 bits per heavy atom. The standard InChI is InChI=1S/C11H19N3O2S2/c1-9-11(17-8-13-9)7-14-18(15,16)6-2-5-12-10-3-4-10/h8,10,12,14H,2-7H2,1H3. The van der Waals surface area contributed by atoms with Gasteiger partial charge in [0, 0.05) is 17.5 Å². The van der Waals surface area contributed by atoms with Crippen LogP contribution < -0.4 is 10.0 Å². The largest absolute Gasteiger partial charge is 0.314 e. The van der Waals surface area contributed by atoms with Crippen LogP contribution in [-0.4, -0.2) is 31.7 Å². The zero-order valence-corrected chi connectivity index (χ0v) is 12.1. The van der Waals surface area contributed by atoms with Crippen molar-refractivity contribution >= 4 is 21.4 Å². The molecule has 0 bridgehead atoms. The highest BCUT2D eigenvalue weighted by Crippen LogP contribution is 2.18. The average molecular weight is 289 g/mol. The molecule has 1 aliphatic rings. The summed E-state index contributed by atoms with van der Waals surface area (Å²) in [6.07, 6.45) is 3.12. The number of nitrogens with zero attached hydrogens (tertiary/aromatic N) is 1. The van der Waals surface area contributed by atoms with E-state index >= 15 is 0 Å². The minimum Gasteiger partial charge on any atom is -0.314 e. The summed E-state index contributed by atoms with van der Waals surface area (Å²) in [6.45, 7) is 3.03. The minimum absolute atomic E-state index is 0.185. The molecule has 5 nitrogen and oxygen atoms in total. The molecular formula is C11H19N3O2S2. The first-order valence-corrected chi connectivity index (χ1v) is 8.70. The van der Waals surface area contributed by atoms with Gasteiger partial charge in [0.25, 0.3) is 0 Å². The molecule has 2 rings (SSSR count). The van der Waals surface area contributed by atoms with Gasteiger partial charge in [0.05, 0.1) is 17.0 Å². The van der Waals surface area contributed by atoms with Crippen LogP contribution in [0.5, 0.6) is 0 Å². The first kappa shape index (κ1) is 13.9. The van der Waals surface area contributed by atoms with Gasteiger partial charge in [0.1, 0.15) is 0 Å². The monoisotopic (exact) mass is 289 g/mol. The summed E-state index contributed by atoms with van der Waals surface area (Å²) < 4.78 is 26.1. The molecule has 0 radical (unpaired) electrons. The van der Waals surface area contributed by atoms with Crippen molar-refractivity contribution in [1.29, 1.82) is 0 Å². The van der Waals surface area contributed by atoms with Crippen molar-refractivity contribution < 1.29 is 8.42 Å². The lowest BCUT2D eigenvalue weighted by molar-refractivity contribution is 0.574. The Labute approximate surface area is 112 Å². The molecule has 1 aromatic heterocycles. The molecule has 2 N–H and O–H groups in total. The molecule has 1 heterocycles. The van der Waals surface area contributed by atoms with Crippen LogP contribution in [0.25, 0.3) is 0 Å². The van der Waals surface area contributed by atoms with Crippen molar-refractivity contribution in [2.75, 3.05) is 12.3 Å². The third-order valence-electron chi connectivity index (χ3n) is 2.90. The summed E-state index contributed by atoms with van der Waals surface area (Å²) in [5.41, 5.74) is 2.64. The number of hydrogen-bond acceptors (Lipinski definition) is 5. The van der Waals surface area contributed by atoms with Gasteiger partial charge in [0.15, 0.2) is 0 Å². The molecule has 102 valence electrons. The van der Waals surface area contributed by atoms with Crippen molar-refractivity contribution in [1.82, 2.24) is 15.0 Å². The Morgan fingerprint density at radius 2 is 2.28 bits per heavy atom. The van der Waals surface area contributed by atoms with Gasteiger partial charge in [-0.15, -0.1) is 11.3 Å². The molecule has 1 aromatic rings. The number of sulfonamides is 1. The van der Waals surface area contributed by atoms with Gasteiger partial charge in [-0.25, -0.2) is 18.1 Å². The topological polar surface area (TPSA) is 71.1 Å². The van der Waals surface area contributed by atoms with Crippen molar-refractivity contribution in [2.45, 2.75) is 38.8 Å². The van der Waals surface area contributed by atoms with Crippen LogP contribution in [-0.2, 0) is 16.6 Å². The van der Waals surface area contributed by atoms with Crippen LogP contribution in [0, 0.1) is 6.92 Å². The molecule has 0 atom stereocenters. The molecule has 1 aliphatic carbocycles. The number of rotatable bonds is 8. The number of thiazole rings is 1. The Hall–Kier alpha value is -0.500. The van der Waals surface area contributed by atoms with Crippen LogP contribution in [0.2, 0.25) is 0 Å². The van der Waals surface area contributed by atoms with E-state index in [4.69, 9.17) is 0 Å². The highest BCUT2D eigenvalue weighted by atomic mass is 32.2. The Balaban J connectivity index is 1.67. The lowest BCUT2D eigenvalue weighted by Crippen LogP contribution is -2.28. The van der Waals surface area contributed by atoms with E-state index in [0.29, 0.717) is 19.0 Å². The van der Waals surface area contributed by atoms with Crippen molar-refractivity contribution in [2.24, 2.45) is 0 Å². The van der Waals surface area contributed by atoms with Crippen LogP contribution in [0.3, 0.4) is 0 Å². The molecule has 0 aliphatic heterocycles. The van der Waals surface area contributed by atoms with Crippen molar-refractivity contribution in [3.63, 3.8) is 0 Å². The molecular weight excluding hydrogens is 270 g/mol. The summed E-state index contributed by atoms with van der Waals surface area (Å²) >= 11 is 1.48.